The Morgan fingerprint density at radius 1 is 1.17 bits per heavy atom. The predicted octanol–water partition coefficient (Wildman–Crippen LogP) is 0.910. The number of amides is 1. The molecule has 1 aromatic carbocycles. The molecule has 130 valence electrons. The molecule has 0 spiro atoms. The zero-order valence-corrected chi connectivity index (χ0v) is 14.3. The minimum atomic E-state index is -3.26. The zero-order valence-electron chi connectivity index (χ0n) is 13.5. The second kappa shape index (κ2) is 10.1. The maximum absolute atomic E-state index is 11.7. The van der Waals surface area contributed by atoms with E-state index < -0.39 is 10.0 Å². The van der Waals surface area contributed by atoms with E-state index >= 15 is 0 Å². The second-order valence-corrected chi connectivity index (χ2v) is 6.78. The van der Waals surface area contributed by atoms with E-state index in [-0.39, 0.29) is 31.4 Å². The van der Waals surface area contributed by atoms with E-state index in [1.807, 2.05) is 6.92 Å². The van der Waals surface area contributed by atoms with Crippen molar-refractivity contribution in [3.8, 4) is 11.5 Å². The summed E-state index contributed by atoms with van der Waals surface area (Å²) in [6.45, 7) is 2.13. The molecule has 0 atom stereocenters. The number of para-hydroxylation sites is 2. The second-order valence-electron chi connectivity index (χ2n) is 4.86. The van der Waals surface area contributed by atoms with Crippen LogP contribution in [0.3, 0.4) is 0 Å². The van der Waals surface area contributed by atoms with E-state index in [4.69, 9.17) is 9.47 Å². The SMILES string of the molecule is CCCCS(=O)(=O)NCCNC(=O)COc1ccccc1OC. The van der Waals surface area contributed by atoms with E-state index in [2.05, 4.69) is 10.0 Å². The minimum Gasteiger partial charge on any atom is -0.493 e. The van der Waals surface area contributed by atoms with Crippen LogP contribution in [0.25, 0.3) is 0 Å². The third-order valence-corrected chi connectivity index (χ3v) is 4.43. The summed E-state index contributed by atoms with van der Waals surface area (Å²) in [6.07, 6.45) is 1.44. The number of rotatable bonds is 11. The quantitative estimate of drug-likeness (QED) is 0.582. The molecule has 0 radical (unpaired) electrons. The Bertz CT molecular complexity index is 589. The Balaban J connectivity index is 2.25. The molecule has 23 heavy (non-hydrogen) atoms. The highest BCUT2D eigenvalue weighted by Crippen LogP contribution is 2.25. The highest BCUT2D eigenvalue weighted by atomic mass is 32.2. The molecule has 7 nitrogen and oxygen atoms in total. The molecule has 0 aliphatic heterocycles. The van der Waals surface area contributed by atoms with Crippen molar-refractivity contribution in [2.75, 3.05) is 32.6 Å². The Morgan fingerprint density at radius 2 is 1.87 bits per heavy atom. The molecule has 0 unspecified atom stereocenters. The molecule has 0 fully saturated rings. The van der Waals surface area contributed by atoms with E-state index in [1.165, 1.54) is 7.11 Å². The molecule has 1 amide bonds. The van der Waals surface area contributed by atoms with Gasteiger partial charge >= 0.3 is 0 Å². The average molecular weight is 344 g/mol. The molecule has 0 aliphatic rings. The number of hydrogen-bond donors (Lipinski definition) is 2. The lowest BCUT2D eigenvalue weighted by Gasteiger charge is -2.11. The Kier molecular flexibility index (Phi) is 8.42. The molecule has 0 saturated heterocycles. The maximum Gasteiger partial charge on any atom is 0.257 e. The van der Waals surface area contributed by atoms with Gasteiger partial charge < -0.3 is 14.8 Å². The first kappa shape index (κ1) is 19.2. The van der Waals surface area contributed by atoms with Gasteiger partial charge in [-0.1, -0.05) is 25.5 Å². The lowest BCUT2D eigenvalue weighted by Crippen LogP contribution is -2.37. The number of methoxy groups -OCH3 is 1. The van der Waals surface area contributed by atoms with Gasteiger partial charge in [-0.25, -0.2) is 13.1 Å². The smallest absolute Gasteiger partial charge is 0.257 e. The summed E-state index contributed by atoms with van der Waals surface area (Å²) < 4.78 is 36.0. The number of carbonyl (C=O) groups excluding carboxylic acids is 1. The average Bonchev–Trinajstić information content (AvgIpc) is 2.55. The van der Waals surface area contributed by atoms with Gasteiger partial charge in [-0.15, -0.1) is 0 Å². The van der Waals surface area contributed by atoms with Gasteiger partial charge in [0.1, 0.15) is 0 Å². The van der Waals surface area contributed by atoms with Gasteiger partial charge in [0.15, 0.2) is 18.1 Å². The summed E-state index contributed by atoms with van der Waals surface area (Å²) in [5, 5.41) is 2.59. The lowest BCUT2D eigenvalue weighted by atomic mass is 10.3. The van der Waals surface area contributed by atoms with Crippen molar-refractivity contribution in [2.24, 2.45) is 0 Å². The maximum atomic E-state index is 11.7. The molecular formula is C15H24N2O5S. The number of ether oxygens (including phenoxy) is 2. The number of unbranched alkanes of at least 4 members (excludes halogenated alkanes) is 1. The van der Waals surface area contributed by atoms with Gasteiger partial charge in [0.2, 0.25) is 10.0 Å². The Morgan fingerprint density at radius 3 is 2.52 bits per heavy atom. The molecule has 1 aromatic rings. The van der Waals surface area contributed by atoms with E-state index in [1.54, 1.807) is 24.3 Å². The number of hydrogen-bond acceptors (Lipinski definition) is 5. The van der Waals surface area contributed by atoms with Crippen LogP contribution in [-0.2, 0) is 14.8 Å². The first-order valence-corrected chi connectivity index (χ1v) is 9.13. The van der Waals surface area contributed by atoms with Crippen molar-refractivity contribution in [2.45, 2.75) is 19.8 Å². The van der Waals surface area contributed by atoms with Gasteiger partial charge in [0, 0.05) is 13.1 Å². The van der Waals surface area contributed by atoms with Gasteiger partial charge in [0.25, 0.3) is 5.91 Å². The van der Waals surface area contributed by atoms with Crippen molar-refractivity contribution in [1.82, 2.24) is 10.0 Å². The van der Waals surface area contributed by atoms with Crippen molar-refractivity contribution in [1.29, 1.82) is 0 Å². The first-order chi connectivity index (χ1) is 11.0. The molecule has 1 rings (SSSR count). The summed E-state index contributed by atoms with van der Waals surface area (Å²) in [7, 11) is -1.73. The van der Waals surface area contributed by atoms with Gasteiger partial charge in [0.05, 0.1) is 12.9 Å². The first-order valence-electron chi connectivity index (χ1n) is 7.48. The largest absolute Gasteiger partial charge is 0.493 e. The number of sulfonamides is 1. The van der Waals surface area contributed by atoms with Crippen LogP contribution in [0.4, 0.5) is 0 Å². The van der Waals surface area contributed by atoms with Crippen molar-refractivity contribution in [3.63, 3.8) is 0 Å². The van der Waals surface area contributed by atoms with Crippen LogP contribution < -0.4 is 19.5 Å². The van der Waals surface area contributed by atoms with Gasteiger partial charge in [-0.3, -0.25) is 4.79 Å². The summed E-state index contributed by atoms with van der Waals surface area (Å²) in [5.41, 5.74) is 0. The number of nitrogens with one attached hydrogen (secondary N) is 2. The van der Waals surface area contributed by atoms with Gasteiger partial charge in [-0.2, -0.15) is 0 Å². The molecule has 0 bridgehead atoms. The van der Waals surface area contributed by atoms with E-state index in [9.17, 15) is 13.2 Å². The zero-order chi connectivity index (χ0) is 17.1. The minimum absolute atomic E-state index is 0.106. The van der Waals surface area contributed by atoms with Crippen LogP contribution in [0.5, 0.6) is 11.5 Å². The van der Waals surface area contributed by atoms with Crippen LogP contribution in [0, 0.1) is 0 Å². The van der Waals surface area contributed by atoms with Gasteiger partial charge in [-0.05, 0) is 18.6 Å². The third kappa shape index (κ3) is 7.85. The van der Waals surface area contributed by atoms with Crippen LogP contribution >= 0.6 is 0 Å². The highest BCUT2D eigenvalue weighted by Gasteiger charge is 2.09. The number of carbonyl (C=O) groups is 1. The van der Waals surface area contributed by atoms with Crippen LogP contribution in [0.15, 0.2) is 24.3 Å². The normalized spacial score (nSPS) is 11.0. The van der Waals surface area contributed by atoms with Crippen LogP contribution in [-0.4, -0.2) is 46.9 Å². The van der Waals surface area contributed by atoms with Crippen LogP contribution in [0.1, 0.15) is 19.8 Å². The Hall–Kier alpha value is -1.80. The fraction of sp³-hybridized carbons (Fsp3) is 0.533. The summed E-state index contributed by atoms with van der Waals surface area (Å²) in [6, 6.07) is 7.02. The predicted molar refractivity (Wildman–Crippen MR) is 88.2 cm³/mol. The molecule has 8 heteroatoms. The fourth-order valence-corrected chi connectivity index (χ4v) is 2.97. The summed E-state index contributed by atoms with van der Waals surface area (Å²) in [4.78, 5) is 11.7. The number of benzene rings is 1. The standard InChI is InChI=1S/C15H24N2O5S/c1-3-4-11-23(19,20)17-10-9-16-15(18)12-22-14-8-6-5-7-13(14)21-2/h5-8,17H,3-4,9-12H2,1-2H3,(H,16,18). The Labute approximate surface area is 137 Å². The molecule has 0 aromatic heterocycles. The van der Waals surface area contributed by atoms with Crippen molar-refractivity contribution in [3.05, 3.63) is 24.3 Å². The van der Waals surface area contributed by atoms with E-state index in [0.29, 0.717) is 17.9 Å². The highest BCUT2D eigenvalue weighted by molar-refractivity contribution is 7.89. The molecule has 0 aliphatic carbocycles. The molecule has 2 N–H and O–H groups in total. The molecule has 0 saturated carbocycles. The summed E-state index contributed by atoms with van der Waals surface area (Å²) in [5.74, 6) is 0.798. The fourth-order valence-electron chi connectivity index (χ4n) is 1.75. The van der Waals surface area contributed by atoms with Crippen molar-refractivity contribution < 1.29 is 22.7 Å². The topological polar surface area (TPSA) is 93.7 Å². The van der Waals surface area contributed by atoms with Crippen LogP contribution in [0.2, 0.25) is 0 Å². The molecular weight excluding hydrogens is 320 g/mol. The monoisotopic (exact) mass is 344 g/mol. The van der Waals surface area contributed by atoms with Crippen molar-refractivity contribution >= 4 is 15.9 Å². The molecule has 0 heterocycles. The third-order valence-electron chi connectivity index (χ3n) is 2.96. The lowest BCUT2D eigenvalue weighted by molar-refractivity contribution is -0.123. The summed E-state index contributed by atoms with van der Waals surface area (Å²) >= 11 is 0. The van der Waals surface area contributed by atoms with E-state index in [0.717, 1.165) is 6.42 Å².